The summed E-state index contributed by atoms with van der Waals surface area (Å²) in [6, 6.07) is 15.8. The predicted molar refractivity (Wildman–Crippen MR) is 134 cm³/mol. The van der Waals surface area contributed by atoms with E-state index in [4.69, 9.17) is 9.15 Å². The number of fused-ring (bicyclic) bond motifs is 3. The molecule has 3 aliphatic heterocycles. The van der Waals surface area contributed by atoms with Crippen LogP contribution in [-0.2, 0) is 19.9 Å². The quantitative estimate of drug-likeness (QED) is 0.495. The Labute approximate surface area is 213 Å². The number of benzene rings is 2. The maximum absolute atomic E-state index is 14.1. The van der Waals surface area contributed by atoms with Gasteiger partial charge in [-0.05, 0) is 18.2 Å². The molecule has 9 nitrogen and oxygen atoms in total. The van der Waals surface area contributed by atoms with Crippen molar-refractivity contribution < 1.29 is 33.5 Å². The molecule has 0 bridgehead atoms. The number of ether oxygens (including phenoxy) is 1. The lowest BCUT2D eigenvalue weighted by Crippen LogP contribution is -3.14. The summed E-state index contributed by atoms with van der Waals surface area (Å²) < 4.78 is 11.2. The number of nitrogens with one attached hydrogen (secondary N) is 1. The molecule has 0 aliphatic carbocycles. The molecule has 1 saturated heterocycles. The SMILES string of the molecule is CN1C(=O)[C@]2(C(C(=O)c3cc4ccccc4o3)=C(O)C(=O)N2CCC[NH+]2CCOCC2)c2ccccc21. The van der Waals surface area contributed by atoms with Crippen LogP contribution >= 0.6 is 0 Å². The van der Waals surface area contributed by atoms with Gasteiger partial charge in [-0.15, -0.1) is 0 Å². The molecular formula is C28H28N3O6+. The average Bonchev–Trinajstić information content (AvgIpc) is 3.52. The highest BCUT2D eigenvalue weighted by atomic mass is 16.5. The zero-order valence-corrected chi connectivity index (χ0v) is 20.5. The van der Waals surface area contributed by atoms with Crippen LogP contribution < -0.4 is 9.80 Å². The van der Waals surface area contributed by atoms with Crippen molar-refractivity contribution in [3.8, 4) is 0 Å². The molecule has 1 atom stereocenters. The van der Waals surface area contributed by atoms with E-state index in [1.165, 1.54) is 14.7 Å². The lowest BCUT2D eigenvalue weighted by atomic mass is 9.81. The van der Waals surface area contributed by atoms with E-state index >= 15 is 0 Å². The number of aliphatic hydroxyl groups is 1. The number of rotatable bonds is 6. The first-order valence-corrected chi connectivity index (χ1v) is 12.5. The Hall–Kier alpha value is -3.95. The Bertz CT molecular complexity index is 1420. The number of anilines is 1. The maximum Gasteiger partial charge on any atom is 0.290 e. The van der Waals surface area contributed by atoms with Gasteiger partial charge in [0.1, 0.15) is 18.7 Å². The molecule has 0 saturated carbocycles. The molecule has 3 aliphatic rings. The Kier molecular flexibility index (Phi) is 5.62. The molecule has 4 heterocycles. The van der Waals surface area contributed by atoms with E-state index in [-0.39, 0.29) is 17.9 Å². The van der Waals surface area contributed by atoms with Gasteiger partial charge in [0.2, 0.25) is 5.78 Å². The molecule has 1 fully saturated rings. The number of amides is 2. The molecule has 190 valence electrons. The van der Waals surface area contributed by atoms with E-state index in [9.17, 15) is 19.5 Å². The summed E-state index contributed by atoms with van der Waals surface area (Å²) >= 11 is 0. The van der Waals surface area contributed by atoms with Gasteiger partial charge in [-0.3, -0.25) is 14.4 Å². The first-order chi connectivity index (χ1) is 17.9. The largest absolute Gasteiger partial charge is 0.503 e. The molecule has 6 rings (SSSR count). The van der Waals surface area contributed by atoms with Crippen molar-refractivity contribution in [2.75, 3.05) is 51.3 Å². The van der Waals surface area contributed by atoms with Crippen LogP contribution in [0, 0.1) is 0 Å². The van der Waals surface area contributed by atoms with Crippen molar-refractivity contribution in [1.82, 2.24) is 4.90 Å². The van der Waals surface area contributed by atoms with Gasteiger partial charge in [0, 0.05) is 36.7 Å². The average molecular weight is 503 g/mol. The summed E-state index contributed by atoms with van der Waals surface area (Å²) in [5.41, 5.74) is -0.420. The Balaban J connectivity index is 1.44. The van der Waals surface area contributed by atoms with E-state index in [1.54, 1.807) is 49.5 Å². The number of quaternary nitrogens is 1. The number of likely N-dealkylation sites (N-methyl/N-ethyl adjacent to an activating group) is 1. The van der Waals surface area contributed by atoms with Gasteiger partial charge in [-0.25, -0.2) is 0 Å². The van der Waals surface area contributed by atoms with E-state index in [0.29, 0.717) is 41.9 Å². The lowest BCUT2D eigenvalue weighted by molar-refractivity contribution is -0.908. The summed E-state index contributed by atoms with van der Waals surface area (Å²) in [6.07, 6.45) is 0.599. The smallest absolute Gasteiger partial charge is 0.290 e. The highest BCUT2D eigenvalue weighted by Gasteiger charge is 2.65. The number of ketones is 1. The first-order valence-electron chi connectivity index (χ1n) is 12.5. The molecule has 0 radical (unpaired) electrons. The lowest BCUT2D eigenvalue weighted by Gasteiger charge is -2.35. The Morgan fingerprint density at radius 2 is 1.81 bits per heavy atom. The van der Waals surface area contributed by atoms with Gasteiger partial charge in [0.05, 0.1) is 25.3 Å². The van der Waals surface area contributed by atoms with Gasteiger partial charge in [0.25, 0.3) is 11.8 Å². The molecular weight excluding hydrogens is 474 g/mol. The van der Waals surface area contributed by atoms with E-state index < -0.39 is 28.9 Å². The summed E-state index contributed by atoms with van der Waals surface area (Å²) in [4.78, 5) is 45.8. The Morgan fingerprint density at radius 3 is 2.59 bits per heavy atom. The standard InChI is InChI=1S/C28H27N3O6/c1-29-20-9-4-3-8-19(20)28(27(29)35)23(24(32)22-17-18-7-2-5-10-21(18)37-22)25(33)26(34)31(28)12-6-11-30-13-15-36-16-14-30/h2-5,7-10,17,33H,6,11-16H2,1H3/p+1/t28-/m1/s1. The van der Waals surface area contributed by atoms with Crippen molar-refractivity contribution in [1.29, 1.82) is 0 Å². The van der Waals surface area contributed by atoms with Crippen LogP contribution in [0.1, 0.15) is 22.5 Å². The van der Waals surface area contributed by atoms with Crippen molar-refractivity contribution in [2.24, 2.45) is 0 Å². The fraction of sp³-hybridized carbons (Fsp3) is 0.321. The number of furan rings is 1. The van der Waals surface area contributed by atoms with Gasteiger partial charge >= 0.3 is 0 Å². The van der Waals surface area contributed by atoms with Crippen LogP contribution in [0.2, 0.25) is 0 Å². The highest BCUT2D eigenvalue weighted by Crippen LogP contribution is 2.53. The monoisotopic (exact) mass is 502 g/mol. The number of aliphatic hydroxyl groups excluding tert-OH is 1. The number of carbonyl (C=O) groups is 3. The van der Waals surface area contributed by atoms with Gasteiger partial charge < -0.3 is 29.0 Å². The number of carbonyl (C=O) groups excluding carboxylic acids is 3. The van der Waals surface area contributed by atoms with Crippen LogP contribution in [0.25, 0.3) is 11.0 Å². The topological polar surface area (TPSA) is 105 Å². The van der Waals surface area contributed by atoms with Gasteiger partial charge in [0.15, 0.2) is 17.1 Å². The summed E-state index contributed by atoms with van der Waals surface area (Å²) in [5, 5.41) is 11.9. The molecule has 2 aromatic carbocycles. The molecule has 3 aromatic rings. The fourth-order valence-corrected chi connectivity index (χ4v) is 5.89. The minimum atomic E-state index is -1.76. The second-order valence-corrected chi connectivity index (χ2v) is 9.72. The molecule has 0 unspecified atom stereocenters. The zero-order chi connectivity index (χ0) is 25.7. The third-order valence-corrected chi connectivity index (χ3v) is 7.71. The first kappa shape index (κ1) is 23.4. The van der Waals surface area contributed by atoms with Crippen molar-refractivity contribution in [3.63, 3.8) is 0 Å². The third-order valence-electron chi connectivity index (χ3n) is 7.71. The number of nitrogens with zero attached hydrogens (tertiary/aromatic N) is 2. The van der Waals surface area contributed by atoms with E-state index in [2.05, 4.69) is 0 Å². The molecule has 37 heavy (non-hydrogen) atoms. The Morgan fingerprint density at radius 1 is 1.08 bits per heavy atom. The predicted octanol–water partition coefficient (Wildman–Crippen LogP) is 1.45. The summed E-state index contributed by atoms with van der Waals surface area (Å²) in [7, 11) is 1.62. The fourth-order valence-electron chi connectivity index (χ4n) is 5.89. The second-order valence-electron chi connectivity index (χ2n) is 9.72. The minimum absolute atomic E-state index is 0.0330. The molecule has 2 amide bonds. The molecule has 1 spiro atoms. The maximum atomic E-state index is 14.1. The minimum Gasteiger partial charge on any atom is -0.503 e. The number of para-hydroxylation sites is 2. The number of hydrogen-bond acceptors (Lipinski definition) is 6. The van der Waals surface area contributed by atoms with Crippen molar-refractivity contribution >= 4 is 34.3 Å². The normalized spacial score (nSPS) is 22.1. The van der Waals surface area contributed by atoms with Crippen molar-refractivity contribution in [2.45, 2.75) is 12.0 Å². The summed E-state index contributed by atoms with van der Waals surface area (Å²) in [6.45, 7) is 4.13. The van der Waals surface area contributed by atoms with E-state index in [1.807, 2.05) is 12.1 Å². The zero-order valence-electron chi connectivity index (χ0n) is 20.5. The second kappa shape index (κ2) is 8.86. The van der Waals surface area contributed by atoms with Crippen LogP contribution in [0.3, 0.4) is 0 Å². The van der Waals surface area contributed by atoms with Crippen molar-refractivity contribution in [3.05, 3.63) is 77.3 Å². The molecule has 9 heteroatoms. The molecule has 2 N–H and O–H groups in total. The number of hydrogen-bond donors (Lipinski definition) is 2. The number of morpholine rings is 1. The number of Topliss-reactive ketones (excluding diaryl/α,β-unsaturated/α-hetero) is 1. The molecule has 1 aromatic heterocycles. The van der Waals surface area contributed by atoms with Gasteiger partial charge in [-0.1, -0.05) is 36.4 Å². The van der Waals surface area contributed by atoms with E-state index in [0.717, 1.165) is 19.6 Å². The van der Waals surface area contributed by atoms with Crippen LogP contribution in [0.5, 0.6) is 0 Å². The summed E-state index contributed by atoms with van der Waals surface area (Å²) in [5.74, 6) is -2.60. The van der Waals surface area contributed by atoms with Crippen LogP contribution in [0.4, 0.5) is 5.69 Å². The highest BCUT2D eigenvalue weighted by molar-refractivity contribution is 6.26. The van der Waals surface area contributed by atoms with Crippen LogP contribution in [0.15, 0.2) is 70.3 Å². The van der Waals surface area contributed by atoms with Crippen LogP contribution in [-0.4, -0.2) is 74.0 Å². The third kappa shape index (κ3) is 3.42. The van der Waals surface area contributed by atoms with Gasteiger partial charge in [-0.2, -0.15) is 0 Å².